The number of anilines is 1. The molecule has 2 heterocycles. The van der Waals surface area contributed by atoms with Crippen molar-refractivity contribution in [1.82, 2.24) is 9.80 Å². The van der Waals surface area contributed by atoms with Gasteiger partial charge in [-0.15, -0.1) is 4.40 Å². The summed E-state index contributed by atoms with van der Waals surface area (Å²) in [7, 11) is -3.61. The zero-order valence-electron chi connectivity index (χ0n) is 17.0. The van der Waals surface area contributed by atoms with Gasteiger partial charge in [-0.05, 0) is 29.2 Å². The quantitative estimate of drug-likeness (QED) is 0.817. The highest BCUT2D eigenvalue weighted by Gasteiger charge is 2.26. The van der Waals surface area contributed by atoms with E-state index in [1.807, 2.05) is 6.07 Å². The summed E-state index contributed by atoms with van der Waals surface area (Å²) in [5.41, 5.74) is 3.32. The molecule has 4 rings (SSSR count). The Morgan fingerprint density at radius 2 is 1.55 bits per heavy atom. The summed E-state index contributed by atoms with van der Waals surface area (Å²) >= 11 is 0. The maximum Gasteiger partial charge on any atom is 0.286 e. The number of benzene rings is 2. The zero-order chi connectivity index (χ0) is 20.4. The molecule has 0 saturated carbocycles. The fourth-order valence-electron chi connectivity index (χ4n) is 3.82. The molecule has 2 aliphatic rings. The Morgan fingerprint density at radius 1 is 0.931 bits per heavy atom. The Bertz CT molecular complexity index is 992. The number of amidine groups is 1. The van der Waals surface area contributed by atoms with Gasteiger partial charge in [-0.1, -0.05) is 50.2 Å². The van der Waals surface area contributed by atoms with E-state index in [1.165, 1.54) is 11.1 Å². The fraction of sp³-hybridized carbons (Fsp3) is 0.409. The summed E-state index contributed by atoms with van der Waals surface area (Å²) in [6.45, 7) is 9.61. The molecule has 0 aliphatic carbocycles. The van der Waals surface area contributed by atoms with Gasteiger partial charge in [0.15, 0.2) is 0 Å². The zero-order valence-corrected chi connectivity index (χ0v) is 17.8. The van der Waals surface area contributed by atoms with Crippen molar-refractivity contribution in [2.45, 2.75) is 31.2 Å². The van der Waals surface area contributed by atoms with Crippen molar-refractivity contribution in [3.63, 3.8) is 0 Å². The molecule has 0 radical (unpaired) electrons. The number of rotatable bonds is 5. The molecular weight excluding hydrogens is 384 g/mol. The van der Waals surface area contributed by atoms with E-state index in [0.29, 0.717) is 24.0 Å². The van der Waals surface area contributed by atoms with E-state index in [-0.39, 0.29) is 4.90 Å². The first-order valence-electron chi connectivity index (χ1n) is 10.1. The lowest BCUT2D eigenvalue weighted by molar-refractivity contribution is 0.140. The normalized spacial score (nSPS) is 19.5. The predicted molar refractivity (Wildman–Crippen MR) is 117 cm³/mol. The molecule has 0 bridgehead atoms. The molecule has 6 nitrogen and oxygen atoms in total. The first-order chi connectivity index (χ1) is 13.9. The standard InChI is InChI=1S/C22H28N4O2S/c1-17(2)19-9-7-18(8-10-19)15-25-11-13-26(14-12-25)16-22-23-20-5-3-4-6-21(20)29(27,28)24-22/h3-10,17H,11-16H2,1-2H3,(H,23,24). The van der Waals surface area contributed by atoms with Crippen LogP contribution in [-0.4, -0.2) is 56.8 Å². The smallest absolute Gasteiger partial charge is 0.286 e. The van der Waals surface area contributed by atoms with Crippen molar-refractivity contribution in [1.29, 1.82) is 0 Å². The van der Waals surface area contributed by atoms with Crippen molar-refractivity contribution < 1.29 is 8.42 Å². The second-order valence-corrected chi connectivity index (χ2v) is 9.66. The van der Waals surface area contributed by atoms with Gasteiger partial charge in [-0.25, -0.2) is 0 Å². The third kappa shape index (κ3) is 4.69. The van der Waals surface area contributed by atoms with Crippen molar-refractivity contribution >= 4 is 21.5 Å². The average molecular weight is 413 g/mol. The molecular formula is C22H28N4O2S. The van der Waals surface area contributed by atoms with E-state index in [9.17, 15) is 8.42 Å². The summed E-state index contributed by atoms with van der Waals surface area (Å²) in [6, 6.07) is 15.8. The van der Waals surface area contributed by atoms with Crippen LogP contribution in [0.1, 0.15) is 30.9 Å². The Balaban J connectivity index is 1.32. The maximum absolute atomic E-state index is 12.4. The first kappa shape index (κ1) is 20.1. The molecule has 154 valence electrons. The lowest BCUT2D eigenvalue weighted by atomic mass is 10.0. The number of sulfonamides is 1. The number of hydrogen-bond donors (Lipinski definition) is 1. The molecule has 0 atom stereocenters. The number of fused-ring (bicyclic) bond motifs is 1. The minimum absolute atomic E-state index is 0.247. The molecule has 2 aromatic carbocycles. The van der Waals surface area contributed by atoms with Crippen molar-refractivity contribution in [2.75, 3.05) is 38.0 Å². The average Bonchev–Trinajstić information content (AvgIpc) is 2.69. The van der Waals surface area contributed by atoms with E-state index in [1.54, 1.807) is 18.2 Å². The van der Waals surface area contributed by atoms with Gasteiger partial charge in [0.1, 0.15) is 10.7 Å². The third-order valence-corrected chi connectivity index (χ3v) is 6.94. The topological polar surface area (TPSA) is 65.0 Å². The Hall–Kier alpha value is -2.22. The van der Waals surface area contributed by atoms with Crippen LogP contribution >= 0.6 is 0 Å². The molecule has 1 fully saturated rings. The summed E-state index contributed by atoms with van der Waals surface area (Å²) in [6.07, 6.45) is 0. The summed E-state index contributed by atoms with van der Waals surface area (Å²) < 4.78 is 28.8. The lowest BCUT2D eigenvalue weighted by Gasteiger charge is -2.35. The SMILES string of the molecule is CC(C)c1ccc(CN2CCN(CC3=NS(=O)(=O)c4ccccc4N3)CC2)cc1. The lowest BCUT2D eigenvalue weighted by Crippen LogP contribution is -2.48. The highest BCUT2D eigenvalue weighted by atomic mass is 32.2. The van der Waals surface area contributed by atoms with E-state index < -0.39 is 10.0 Å². The summed E-state index contributed by atoms with van der Waals surface area (Å²) in [5.74, 6) is 1.06. The van der Waals surface area contributed by atoms with Crippen LogP contribution in [0.5, 0.6) is 0 Å². The van der Waals surface area contributed by atoms with Gasteiger partial charge >= 0.3 is 0 Å². The molecule has 2 aliphatic heterocycles. The number of nitrogens with one attached hydrogen (secondary N) is 1. The minimum atomic E-state index is -3.61. The van der Waals surface area contributed by atoms with Crippen LogP contribution in [0.2, 0.25) is 0 Å². The highest BCUT2D eigenvalue weighted by molar-refractivity contribution is 7.90. The number of piperazine rings is 1. The van der Waals surface area contributed by atoms with Crippen molar-refractivity contribution in [3.05, 3.63) is 59.7 Å². The second-order valence-electron chi connectivity index (χ2n) is 8.08. The molecule has 0 amide bonds. The van der Waals surface area contributed by atoms with Crippen molar-refractivity contribution in [2.24, 2.45) is 4.40 Å². The highest BCUT2D eigenvalue weighted by Crippen LogP contribution is 2.26. The molecule has 1 N–H and O–H groups in total. The Kier molecular flexibility index (Phi) is 5.72. The predicted octanol–water partition coefficient (Wildman–Crippen LogP) is 3.14. The monoisotopic (exact) mass is 412 g/mol. The van der Waals surface area contributed by atoms with Gasteiger partial charge in [0.25, 0.3) is 10.0 Å². The molecule has 0 spiro atoms. The van der Waals surface area contributed by atoms with E-state index in [2.05, 4.69) is 57.6 Å². The van der Waals surface area contributed by atoms with Crippen LogP contribution in [0.15, 0.2) is 57.8 Å². The molecule has 29 heavy (non-hydrogen) atoms. The summed E-state index contributed by atoms with van der Waals surface area (Å²) in [4.78, 5) is 4.95. The van der Waals surface area contributed by atoms with Crippen LogP contribution in [-0.2, 0) is 16.6 Å². The van der Waals surface area contributed by atoms with E-state index in [4.69, 9.17) is 0 Å². The van der Waals surface area contributed by atoms with Crippen LogP contribution < -0.4 is 5.32 Å². The van der Waals surface area contributed by atoms with E-state index >= 15 is 0 Å². The number of para-hydroxylation sites is 1. The molecule has 0 aromatic heterocycles. The fourth-order valence-corrected chi connectivity index (χ4v) is 4.96. The second kappa shape index (κ2) is 8.26. The number of nitrogens with zero attached hydrogens (tertiary/aromatic N) is 3. The van der Waals surface area contributed by atoms with Gasteiger partial charge in [0, 0.05) is 32.7 Å². The Morgan fingerprint density at radius 3 is 2.21 bits per heavy atom. The van der Waals surface area contributed by atoms with Gasteiger partial charge in [0.2, 0.25) is 0 Å². The van der Waals surface area contributed by atoms with Gasteiger partial charge in [0.05, 0.1) is 12.2 Å². The Labute approximate surface area is 173 Å². The molecule has 7 heteroatoms. The molecule has 2 aromatic rings. The van der Waals surface area contributed by atoms with Crippen LogP contribution in [0.4, 0.5) is 5.69 Å². The maximum atomic E-state index is 12.4. The van der Waals surface area contributed by atoms with Crippen LogP contribution in [0, 0.1) is 0 Å². The molecule has 0 unspecified atom stereocenters. The largest absolute Gasteiger partial charge is 0.341 e. The minimum Gasteiger partial charge on any atom is -0.341 e. The van der Waals surface area contributed by atoms with Crippen LogP contribution in [0.3, 0.4) is 0 Å². The van der Waals surface area contributed by atoms with Crippen LogP contribution in [0.25, 0.3) is 0 Å². The van der Waals surface area contributed by atoms with Crippen molar-refractivity contribution in [3.8, 4) is 0 Å². The van der Waals surface area contributed by atoms with Gasteiger partial charge < -0.3 is 5.32 Å². The van der Waals surface area contributed by atoms with E-state index in [0.717, 1.165) is 32.7 Å². The third-order valence-electron chi connectivity index (χ3n) is 5.57. The number of hydrogen-bond acceptors (Lipinski definition) is 5. The first-order valence-corrected chi connectivity index (χ1v) is 11.6. The van der Waals surface area contributed by atoms with Gasteiger partial charge in [-0.3, -0.25) is 9.80 Å². The van der Waals surface area contributed by atoms with Gasteiger partial charge in [-0.2, -0.15) is 8.42 Å². The molecule has 1 saturated heterocycles. The summed E-state index contributed by atoms with van der Waals surface area (Å²) in [5, 5.41) is 3.18.